The van der Waals surface area contributed by atoms with Gasteiger partial charge in [-0.25, -0.2) is 4.98 Å². The van der Waals surface area contributed by atoms with Gasteiger partial charge >= 0.3 is 0 Å². The molecule has 5 nitrogen and oxygen atoms in total. The van der Waals surface area contributed by atoms with Crippen LogP contribution in [0.5, 0.6) is 5.75 Å². The Labute approximate surface area is 161 Å². The van der Waals surface area contributed by atoms with Crippen LogP contribution in [-0.2, 0) is 6.54 Å². The highest BCUT2D eigenvalue weighted by Crippen LogP contribution is 2.25. The predicted molar refractivity (Wildman–Crippen MR) is 106 cm³/mol. The van der Waals surface area contributed by atoms with Crippen molar-refractivity contribution in [1.82, 2.24) is 9.88 Å². The molecule has 140 valence electrons. The topological polar surface area (TPSA) is 52.4 Å². The van der Waals surface area contributed by atoms with Gasteiger partial charge in [-0.2, -0.15) is 5.26 Å². The van der Waals surface area contributed by atoms with E-state index in [-0.39, 0.29) is 0 Å². The summed E-state index contributed by atoms with van der Waals surface area (Å²) < 4.78 is 6.05. The summed E-state index contributed by atoms with van der Waals surface area (Å²) in [5, 5.41) is 9.27. The Kier molecular flexibility index (Phi) is 5.55. The molecule has 1 aromatic carbocycles. The normalized spacial score (nSPS) is 18.4. The van der Waals surface area contributed by atoms with E-state index in [1.807, 2.05) is 12.1 Å². The van der Waals surface area contributed by atoms with Crippen LogP contribution in [0.4, 0.5) is 5.82 Å². The number of hydrogen-bond acceptors (Lipinski definition) is 5. The Bertz CT molecular complexity index is 785. The zero-order chi connectivity index (χ0) is 18.5. The first-order valence-corrected chi connectivity index (χ1v) is 9.90. The van der Waals surface area contributed by atoms with E-state index >= 15 is 0 Å². The Morgan fingerprint density at radius 3 is 2.48 bits per heavy atom. The summed E-state index contributed by atoms with van der Waals surface area (Å²) in [6.07, 6.45) is 7.14. The largest absolute Gasteiger partial charge is 0.490 e. The third kappa shape index (κ3) is 4.40. The molecule has 0 atom stereocenters. The van der Waals surface area contributed by atoms with Crippen LogP contribution in [0.15, 0.2) is 42.6 Å². The molecule has 2 aromatic rings. The summed E-state index contributed by atoms with van der Waals surface area (Å²) in [5.74, 6) is 1.81. The lowest BCUT2D eigenvalue weighted by Crippen LogP contribution is -2.46. The highest BCUT2D eigenvalue weighted by atomic mass is 16.5. The van der Waals surface area contributed by atoms with Gasteiger partial charge in [-0.05, 0) is 55.5 Å². The molecule has 4 rings (SSSR count). The van der Waals surface area contributed by atoms with E-state index in [9.17, 15) is 5.26 Å². The van der Waals surface area contributed by atoms with Gasteiger partial charge in [-0.15, -0.1) is 0 Å². The lowest BCUT2D eigenvalue weighted by molar-refractivity contribution is 0.209. The van der Waals surface area contributed by atoms with Crippen molar-refractivity contribution in [3.05, 3.63) is 53.7 Å². The van der Waals surface area contributed by atoms with Gasteiger partial charge in [0, 0.05) is 38.9 Å². The summed E-state index contributed by atoms with van der Waals surface area (Å²) in [6.45, 7) is 4.69. The van der Waals surface area contributed by atoms with Crippen LogP contribution in [0.2, 0.25) is 0 Å². The molecule has 2 fully saturated rings. The Morgan fingerprint density at radius 1 is 1.04 bits per heavy atom. The second-order valence-electron chi connectivity index (χ2n) is 7.42. The van der Waals surface area contributed by atoms with Crippen LogP contribution in [0.3, 0.4) is 0 Å². The van der Waals surface area contributed by atoms with E-state index < -0.39 is 0 Å². The fourth-order valence-electron chi connectivity index (χ4n) is 3.98. The Morgan fingerprint density at radius 2 is 1.78 bits per heavy atom. The summed E-state index contributed by atoms with van der Waals surface area (Å²) in [6, 6.07) is 14.5. The van der Waals surface area contributed by atoms with Crippen LogP contribution < -0.4 is 9.64 Å². The highest BCUT2D eigenvalue weighted by Gasteiger charge is 2.20. The maximum absolute atomic E-state index is 9.27. The average molecular weight is 362 g/mol. The number of anilines is 1. The minimum absolute atomic E-state index is 0.411. The van der Waals surface area contributed by atoms with Crippen LogP contribution in [0.25, 0.3) is 0 Å². The molecule has 0 amide bonds. The van der Waals surface area contributed by atoms with Crippen LogP contribution in [0, 0.1) is 11.3 Å². The van der Waals surface area contributed by atoms with Crippen molar-refractivity contribution in [2.24, 2.45) is 0 Å². The van der Waals surface area contributed by atoms with Gasteiger partial charge in [0.2, 0.25) is 0 Å². The lowest BCUT2D eigenvalue weighted by atomic mass is 10.1. The van der Waals surface area contributed by atoms with Gasteiger partial charge in [0.1, 0.15) is 17.6 Å². The lowest BCUT2D eigenvalue weighted by Gasteiger charge is -2.35. The molecule has 0 spiro atoms. The number of nitrogens with zero attached hydrogens (tertiary/aromatic N) is 4. The molecule has 5 heteroatoms. The van der Waals surface area contributed by atoms with Gasteiger partial charge < -0.3 is 9.64 Å². The molecule has 1 saturated carbocycles. The summed E-state index contributed by atoms with van der Waals surface area (Å²) in [5.41, 5.74) is 1.97. The maximum Gasteiger partial charge on any atom is 0.146 e. The summed E-state index contributed by atoms with van der Waals surface area (Å²) >= 11 is 0. The molecule has 2 heterocycles. The number of piperazine rings is 1. The molecule has 1 aromatic heterocycles. The monoisotopic (exact) mass is 362 g/mol. The zero-order valence-electron chi connectivity index (χ0n) is 15.7. The van der Waals surface area contributed by atoms with Gasteiger partial charge in [-0.3, -0.25) is 4.90 Å². The van der Waals surface area contributed by atoms with E-state index in [2.05, 4.69) is 45.1 Å². The third-order valence-electron chi connectivity index (χ3n) is 5.51. The standard InChI is InChI=1S/C22H26N4O/c23-16-19-4-3-11-24-22(19)26-14-12-25(13-15-26)17-18-7-9-21(10-8-18)27-20-5-1-2-6-20/h3-4,7-11,20H,1-2,5-6,12-15,17H2. The van der Waals surface area contributed by atoms with E-state index in [1.54, 1.807) is 6.20 Å². The van der Waals surface area contributed by atoms with Crippen molar-refractivity contribution >= 4 is 5.82 Å². The number of pyridine rings is 1. The Hall–Kier alpha value is -2.58. The van der Waals surface area contributed by atoms with Crippen molar-refractivity contribution in [2.45, 2.75) is 38.3 Å². The van der Waals surface area contributed by atoms with E-state index in [0.29, 0.717) is 11.7 Å². The van der Waals surface area contributed by atoms with Crippen molar-refractivity contribution < 1.29 is 4.74 Å². The Balaban J connectivity index is 1.29. The first-order valence-electron chi connectivity index (χ1n) is 9.90. The molecule has 1 saturated heterocycles. The molecule has 0 bridgehead atoms. The average Bonchev–Trinajstić information content (AvgIpc) is 3.23. The van der Waals surface area contributed by atoms with Crippen molar-refractivity contribution in [2.75, 3.05) is 31.1 Å². The van der Waals surface area contributed by atoms with Gasteiger partial charge in [-0.1, -0.05) is 12.1 Å². The quantitative estimate of drug-likeness (QED) is 0.813. The summed E-state index contributed by atoms with van der Waals surface area (Å²) in [7, 11) is 0. The number of ether oxygens (including phenoxy) is 1. The van der Waals surface area contributed by atoms with Crippen LogP contribution >= 0.6 is 0 Å². The number of hydrogen-bond donors (Lipinski definition) is 0. The van der Waals surface area contributed by atoms with Crippen molar-refractivity contribution in [1.29, 1.82) is 5.26 Å². The molecule has 0 N–H and O–H groups in total. The summed E-state index contributed by atoms with van der Waals surface area (Å²) in [4.78, 5) is 9.08. The SMILES string of the molecule is N#Cc1cccnc1N1CCN(Cc2ccc(OC3CCCC3)cc2)CC1. The van der Waals surface area contributed by atoms with E-state index in [1.165, 1.54) is 31.2 Å². The minimum atomic E-state index is 0.411. The predicted octanol–water partition coefficient (Wildman–Crippen LogP) is 3.60. The van der Waals surface area contributed by atoms with E-state index in [0.717, 1.165) is 44.3 Å². The first-order chi connectivity index (χ1) is 13.3. The third-order valence-corrected chi connectivity index (χ3v) is 5.51. The van der Waals surface area contributed by atoms with Gasteiger partial charge in [0.15, 0.2) is 0 Å². The molecule has 0 unspecified atom stereocenters. The van der Waals surface area contributed by atoms with Crippen LogP contribution in [0.1, 0.15) is 36.8 Å². The first kappa shape index (κ1) is 17.8. The molecule has 1 aliphatic carbocycles. The maximum atomic E-state index is 9.27. The van der Waals surface area contributed by atoms with Crippen molar-refractivity contribution in [3.8, 4) is 11.8 Å². The molecular weight excluding hydrogens is 336 g/mol. The number of nitriles is 1. The van der Waals surface area contributed by atoms with Crippen LogP contribution in [-0.4, -0.2) is 42.2 Å². The molecule has 0 radical (unpaired) electrons. The zero-order valence-corrected chi connectivity index (χ0v) is 15.7. The van der Waals surface area contributed by atoms with Gasteiger partial charge in [0.05, 0.1) is 11.7 Å². The molecular formula is C22H26N4O. The molecule has 27 heavy (non-hydrogen) atoms. The number of rotatable bonds is 5. The van der Waals surface area contributed by atoms with E-state index in [4.69, 9.17) is 4.74 Å². The second kappa shape index (κ2) is 8.41. The number of benzene rings is 1. The smallest absolute Gasteiger partial charge is 0.146 e. The fourth-order valence-corrected chi connectivity index (χ4v) is 3.98. The molecule has 1 aliphatic heterocycles. The number of aromatic nitrogens is 1. The van der Waals surface area contributed by atoms with Gasteiger partial charge in [0.25, 0.3) is 0 Å². The highest BCUT2D eigenvalue weighted by molar-refractivity contribution is 5.53. The minimum Gasteiger partial charge on any atom is -0.490 e. The second-order valence-corrected chi connectivity index (χ2v) is 7.42. The fraction of sp³-hybridized carbons (Fsp3) is 0.455. The molecule has 2 aliphatic rings. The van der Waals surface area contributed by atoms with Crippen molar-refractivity contribution in [3.63, 3.8) is 0 Å².